The second-order valence-electron chi connectivity index (χ2n) is 6.06. The lowest BCUT2D eigenvalue weighted by Gasteiger charge is -2.37. The number of sulfonamides is 1. The molecule has 134 valence electrons. The van der Waals surface area contributed by atoms with Gasteiger partial charge in [0.2, 0.25) is 10.0 Å². The number of methoxy groups -OCH3 is 1. The standard InChI is InChI=1S/C15H22FN3O4S/c1-23-10-15(4-6-18-7-5-15)9-19-14(20)11-2-3-13(12(16)8-11)24(17,21)22/h2-3,8,18H,4-7,9-10H2,1H3,(H,19,20)(H2,17,21,22). The highest BCUT2D eigenvalue weighted by molar-refractivity contribution is 7.89. The van der Waals surface area contributed by atoms with Crippen LogP contribution >= 0.6 is 0 Å². The number of piperidine rings is 1. The van der Waals surface area contributed by atoms with Crippen LogP contribution in [0.15, 0.2) is 23.1 Å². The number of primary sulfonamides is 1. The maximum Gasteiger partial charge on any atom is 0.251 e. The van der Waals surface area contributed by atoms with E-state index in [0.717, 1.165) is 38.1 Å². The number of hydrogen-bond acceptors (Lipinski definition) is 5. The molecule has 0 unspecified atom stereocenters. The van der Waals surface area contributed by atoms with E-state index in [1.54, 1.807) is 7.11 Å². The first-order valence-corrected chi connectivity index (χ1v) is 9.12. The van der Waals surface area contributed by atoms with Crippen molar-refractivity contribution in [1.29, 1.82) is 0 Å². The van der Waals surface area contributed by atoms with Crippen LogP contribution in [-0.2, 0) is 14.8 Å². The van der Waals surface area contributed by atoms with Crippen LogP contribution in [0.2, 0.25) is 0 Å². The van der Waals surface area contributed by atoms with Crippen molar-refractivity contribution in [2.75, 3.05) is 33.4 Å². The molecular weight excluding hydrogens is 337 g/mol. The summed E-state index contributed by atoms with van der Waals surface area (Å²) in [5.41, 5.74) is -0.115. The predicted molar refractivity (Wildman–Crippen MR) is 86.5 cm³/mol. The molecule has 0 saturated carbocycles. The summed E-state index contributed by atoms with van der Waals surface area (Å²) >= 11 is 0. The number of carbonyl (C=O) groups excluding carboxylic acids is 1. The lowest BCUT2D eigenvalue weighted by molar-refractivity contribution is 0.0511. The molecule has 0 aromatic heterocycles. The Morgan fingerprint density at radius 2 is 2.08 bits per heavy atom. The van der Waals surface area contributed by atoms with E-state index in [-0.39, 0.29) is 11.0 Å². The molecule has 7 nitrogen and oxygen atoms in total. The fraction of sp³-hybridized carbons (Fsp3) is 0.533. The van der Waals surface area contributed by atoms with E-state index < -0.39 is 26.6 Å². The van der Waals surface area contributed by atoms with E-state index in [4.69, 9.17) is 9.88 Å². The van der Waals surface area contributed by atoms with E-state index in [2.05, 4.69) is 10.6 Å². The summed E-state index contributed by atoms with van der Waals surface area (Å²) in [4.78, 5) is 11.6. The van der Waals surface area contributed by atoms with Crippen LogP contribution < -0.4 is 15.8 Å². The molecule has 0 aliphatic carbocycles. The van der Waals surface area contributed by atoms with Gasteiger partial charge in [0.05, 0.1) is 6.61 Å². The van der Waals surface area contributed by atoms with Gasteiger partial charge >= 0.3 is 0 Å². The van der Waals surface area contributed by atoms with E-state index >= 15 is 0 Å². The average molecular weight is 359 g/mol. The monoisotopic (exact) mass is 359 g/mol. The van der Waals surface area contributed by atoms with Crippen LogP contribution in [-0.4, -0.2) is 47.7 Å². The molecule has 0 spiro atoms. The summed E-state index contributed by atoms with van der Waals surface area (Å²) < 4.78 is 41.5. The van der Waals surface area contributed by atoms with Gasteiger partial charge in [-0.15, -0.1) is 0 Å². The van der Waals surface area contributed by atoms with Gasteiger partial charge in [0.15, 0.2) is 0 Å². The minimum Gasteiger partial charge on any atom is -0.384 e. The molecule has 9 heteroatoms. The normalized spacial score (nSPS) is 17.5. The zero-order valence-electron chi connectivity index (χ0n) is 13.5. The molecular formula is C15H22FN3O4S. The second kappa shape index (κ2) is 7.56. The molecule has 1 aromatic rings. The summed E-state index contributed by atoms with van der Waals surface area (Å²) in [5.74, 6) is -1.51. The average Bonchev–Trinajstić information content (AvgIpc) is 2.52. The van der Waals surface area contributed by atoms with E-state index in [9.17, 15) is 17.6 Å². The molecule has 0 bridgehead atoms. The van der Waals surface area contributed by atoms with Gasteiger partial charge in [0.1, 0.15) is 10.7 Å². The van der Waals surface area contributed by atoms with Crippen LogP contribution in [0.1, 0.15) is 23.2 Å². The molecule has 1 amide bonds. The molecule has 4 N–H and O–H groups in total. The van der Waals surface area contributed by atoms with Gasteiger partial charge in [-0.25, -0.2) is 17.9 Å². The second-order valence-corrected chi connectivity index (χ2v) is 7.59. The first-order valence-electron chi connectivity index (χ1n) is 7.58. The van der Waals surface area contributed by atoms with Crippen molar-refractivity contribution in [2.45, 2.75) is 17.7 Å². The summed E-state index contributed by atoms with van der Waals surface area (Å²) in [6.45, 7) is 2.61. The quantitative estimate of drug-likeness (QED) is 0.673. The zero-order chi connectivity index (χ0) is 17.8. The number of hydrogen-bond donors (Lipinski definition) is 3. The largest absolute Gasteiger partial charge is 0.384 e. The summed E-state index contributed by atoms with van der Waals surface area (Å²) in [5, 5.41) is 10.9. The highest BCUT2D eigenvalue weighted by atomic mass is 32.2. The number of rotatable bonds is 6. The van der Waals surface area contributed by atoms with Gasteiger partial charge in [0, 0.05) is 24.6 Å². The Hall–Kier alpha value is -1.55. The Balaban J connectivity index is 2.08. The lowest BCUT2D eigenvalue weighted by atomic mass is 9.79. The van der Waals surface area contributed by atoms with Crippen molar-refractivity contribution in [3.63, 3.8) is 0 Å². The van der Waals surface area contributed by atoms with Crippen molar-refractivity contribution in [3.05, 3.63) is 29.6 Å². The van der Waals surface area contributed by atoms with Gasteiger partial charge in [0.25, 0.3) is 5.91 Å². The minimum absolute atomic E-state index is 0.0430. The van der Waals surface area contributed by atoms with Gasteiger partial charge in [-0.2, -0.15) is 0 Å². The minimum atomic E-state index is -4.15. The van der Waals surface area contributed by atoms with Crippen molar-refractivity contribution in [2.24, 2.45) is 10.6 Å². The maximum atomic E-state index is 13.8. The van der Waals surface area contributed by atoms with E-state index in [1.807, 2.05) is 0 Å². The Kier molecular flexibility index (Phi) is 5.92. The Morgan fingerprint density at radius 3 is 2.62 bits per heavy atom. The molecule has 1 fully saturated rings. The Bertz CT molecular complexity index is 697. The molecule has 2 rings (SSSR count). The van der Waals surface area contributed by atoms with Gasteiger partial charge in [-0.3, -0.25) is 4.79 Å². The van der Waals surface area contributed by atoms with Gasteiger partial charge < -0.3 is 15.4 Å². The number of carbonyl (C=O) groups is 1. The maximum absolute atomic E-state index is 13.8. The molecule has 1 aliphatic rings. The number of nitrogens with two attached hydrogens (primary N) is 1. The first kappa shape index (κ1) is 18.8. The third kappa shape index (κ3) is 4.50. The number of nitrogens with one attached hydrogen (secondary N) is 2. The summed E-state index contributed by atoms with van der Waals surface area (Å²) in [7, 11) is -2.53. The molecule has 1 aromatic carbocycles. The molecule has 24 heavy (non-hydrogen) atoms. The molecule has 0 radical (unpaired) electrons. The molecule has 1 saturated heterocycles. The molecule has 1 heterocycles. The van der Waals surface area contributed by atoms with Crippen LogP contribution in [0.5, 0.6) is 0 Å². The number of halogens is 1. The smallest absolute Gasteiger partial charge is 0.251 e. The highest BCUT2D eigenvalue weighted by Crippen LogP contribution is 2.28. The summed E-state index contributed by atoms with van der Waals surface area (Å²) in [6.07, 6.45) is 1.72. The highest BCUT2D eigenvalue weighted by Gasteiger charge is 2.32. The van der Waals surface area contributed by atoms with E-state index in [1.165, 1.54) is 6.07 Å². The fourth-order valence-corrected chi connectivity index (χ4v) is 3.47. The topological polar surface area (TPSA) is 111 Å². The number of ether oxygens (including phenoxy) is 1. The predicted octanol–water partition coefficient (Wildman–Crippen LogP) is 0.219. The Morgan fingerprint density at radius 1 is 1.42 bits per heavy atom. The van der Waals surface area contributed by atoms with Gasteiger partial charge in [-0.05, 0) is 44.1 Å². The number of benzene rings is 1. The third-order valence-electron chi connectivity index (χ3n) is 4.24. The molecule has 1 aliphatic heterocycles. The van der Waals surface area contributed by atoms with Crippen molar-refractivity contribution >= 4 is 15.9 Å². The zero-order valence-corrected chi connectivity index (χ0v) is 14.3. The molecule has 0 atom stereocenters. The van der Waals surface area contributed by atoms with Crippen LogP contribution in [0.3, 0.4) is 0 Å². The lowest BCUT2D eigenvalue weighted by Crippen LogP contribution is -2.47. The van der Waals surface area contributed by atoms with Crippen molar-refractivity contribution in [3.8, 4) is 0 Å². The fourth-order valence-electron chi connectivity index (χ4n) is 2.88. The Labute approximate surface area is 140 Å². The van der Waals surface area contributed by atoms with Gasteiger partial charge in [-0.1, -0.05) is 0 Å². The summed E-state index contributed by atoms with van der Waals surface area (Å²) in [6, 6.07) is 3.11. The van der Waals surface area contributed by atoms with Crippen LogP contribution in [0.25, 0.3) is 0 Å². The first-order chi connectivity index (χ1) is 11.3. The number of amides is 1. The van der Waals surface area contributed by atoms with Crippen LogP contribution in [0.4, 0.5) is 4.39 Å². The van der Waals surface area contributed by atoms with Crippen molar-refractivity contribution < 1.29 is 22.3 Å². The third-order valence-corrected chi connectivity index (χ3v) is 5.18. The SMILES string of the molecule is COCC1(CNC(=O)c2ccc(S(N)(=O)=O)c(F)c2)CCNCC1. The van der Waals surface area contributed by atoms with Crippen molar-refractivity contribution in [1.82, 2.24) is 10.6 Å². The van der Waals surface area contributed by atoms with E-state index in [0.29, 0.717) is 13.2 Å². The van der Waals surface area contributed by atoms with Crippen LogP contribution in [0, 0.1) is 11.2 Å².